The number of nitrogens with zero attached hydrogens (tertiary/aromatic N) is 2. The van der Waals surface area contributed by atoms with Crippen molar-refractivity contribution in [2.24, 2.45) is 0 Å². The molecule has 0 aliphatic heterocycles. The second-order valence-corrected chi connectivity index (χ2v) is 3.77. The molecule has 2 rings (SSSR count). The van der Waals surface area contributed by atoms with E-state index in [-0.39, 0.29) is 17.9 Å². The second-order valence-electron chi connectivity index (χ2n) is 3.77. The average molecular weight is 260 g/mol. The van der Waals surface area contributed by atoms with Gasteiger partial charge in [-0.15, -0.1) is 0 Å². The summed E-state index contributed by atoms with van der Waals surface area (Å²) in [5.41, 5.74) is 0.662. The van der Waals surface area contributed by atoms with Crippen molar-refractivity contribution < 1.29 is 9.18 Å². The van der Waals surface area contributed by atoms with Crippen LogP contribution in [0.3, 0.4) is 0 Å². The summed E-state index contributed by atoms with van der Waals surface area (Å²) in [6.45, 7) is 0.246. The van der Waals surface area contributed by atoms with Gasteiger partial charge in [0.2, 0.25) is 0 Å². The van der Waals surface area contributed by atoms with E-state index in [0.717, 1.165) is 0 Å². The average Bonchev–Trinajstić information content (AvgIpc) is 2.46. The van der Waals surface area contributed by atoms with Crippen molar-refractivity contribution in [3.63, 3.8) is 0 Å². The van der Waals surface area contributed by atoms with Crippen LogP contribution in [0.15, 0.2) is 36.7 Å². The fourth-order valence-electron chi connectivity index (χ4n) is 1.56. The molecule has 1 amide bonds. The Balaban J connectivity index is 2.08. The number of halogens is 1. The first-order valence-electron chi connectivity index (χ1n) is 5.72. The number of rotatable bonds is 4. The molecule has 0 aromatic carbocycles. The molecule has 2 aromatic rings. The van der Waals surface area contributed by atoms with Crippen LogP contribution in [0, 0.1) is 5.82 Å². The first-order chi connectivity index (χ1) is 9.22. The number of hydrogen-bond acceptors (Lipinski definition) is 4. The third-order valence-electron chi connectivity index (χ3n) is 2.53. The summed E-state index contributed by atoms with van der Waals surface area (Å²) < 4.78 is 13.8. The Labute approximate surface area is 109 Å². The molecule has 0 saturated carbocycles. The topological polar surface area (TPSA) is 66.9 Å². The molecule has 2 heterocycles. The van der Waals surface area contributed by atoms with Crippen LogP contribution in [-0.4, -0.2) is 22.9 Å². The fourth-order valence-corrected chi connectivity index (χ4v) is 1.56. The van der Waals surface area contributed by atoms with Crippen molar-refractivity contribution in [3.05, 3.63) is 53.7 Å². The molecule has 0 aliphatic carbocycles. The lowest BCUT2D eigenvalue weighted by Crippen LogP contribution is -2.24. The first kappa shape index (κ1) is 12.9. The van der Waals surface area contributed by atoms with Gasteiger partial charge in [-0.1, -0.05) is 6.07 Å². The fraction of sp³-hybridized carbons (Fsp3) is 0.154. The highest BCUT2D eigenvalue weighted by molar-refractivity contribution is 5.95. The van der Waals surface area contributed by atoms with E-state index in [1.165, 1.54) is 12.3 Å². The largest absolute Gasteiger partial charge is 0.371 e. The monoisotopic (exact) mass is 260 g/mol. The number of anilines is 1. The lowest BCUT2D eigenvalue weighted by atomic mass is 10.2. The Bertz CT molecular complexity index is 574. The summed E-state index contributed by atoms with van der Waals surface area (Å²) in [6.07, 6.45) is 3.01. The number of pyridine rings is 2. The van der Waals surface area contributed by atoms with Gasteiger partial charge in [0.05, 0.1) is 17.8 Å². The van der Waals surface area contributed by atoms with E-state index in [1.807, 2.05) is 6.07 Å². The minimum absolute atomic E-state index is 0.0460. The summed E-state index contributed by atoms with van der Waals surface area (Å²) in [5.74, 6) is -1.11. The Kier molecular flexibility index (Phi) is 4.02. The van der Waals surface area contributed by atoms with Gasteiger partial charge in [0.25, 0.3) is 5.91 Å². The van der Waals surface area contributed by atoms with Crippen molar-refractivity contribution in [1.82, 2.24) is 15.3 Å². The molecule has 19 heavy (non-hydrogen) atoms. The summed E-state index contributed by atoms with van der Waals surface area (Å²) in [7, 11) is 1.54. The maximum absolute atomic E-state index is 13.8. The van der Waals surface area contributed by atoms with Crippen LogP contribution >= 0.6 is 0 Å². The normalized spacial score (nSPS) is 10.0. The number of carbonyl (C=O) groups is 1. The van der Waals surface area contributed by atoms with Crippen LogP contribution in [0.2, 0.25) is 0 Å². The minimum Gasteiger partial charge on any atom is -0.371 e. The van der Waals surface area contributed by atoms with Gasteiger partial charge in [0.15, 0.2) is 11.6 Å². The molecule has 0 radical (unpaired) electrons. The molecule has 5 nitrogen and oxygen atoms in total. The second kappa shape index (κ2) is 5.90. The predicted octanol–water partition coefficient (Wildman–Crippen LogP) is 1.59. The number of hydrogen-bond donors (Lipinski definition) is 2. The molecular formula is C13H13FN4O. The number of carbonyl (C=O) groups excluding carboxylic acids is 1. The van der Waals surface area contributed by atoms with Gasteiger partial charge >= 0.3 is 0 Å². The molecule has 0 fully saturated rings. The highest BCUT2D eigenvalue weighted by Crippen LogP contribution is 2.14. The maximum atomic E-state index is 13.8. The number of aromatic nitrogens is 2. The van der Waals surface area contributed by atoms with Gasteiger partial charge in [-0.05, 0) is 18.2 Å². The molecule has 0 aliphatic rings. The van der Waals surface area contributed by atoms with Crippen LogP contribution in [0.1, 0.15) is 16.1 Å². The summed E-state index contributed by atoms with van der Waals surface area (Å²) in [6, 6.07) is 6.72. The lowest BCUT2D eigenvalue weighted by Gasteiger charge is -2.07. The zero-order valence-electron chi connectivity index (χ0n) is 10.4. The maximum Gasteiger partial charge on any atom is 0.254 e. The van der Waals surface area contributed by atoms with Crippen molar-refractivity contribution in [2.45, 2.75) is 6.54 Å². The van der Waals surface area contributed by atoms with Crippen LogP contribution < -0.4 is 10.6 Å². The van der Waals surface area contributed by atoms with E-state index in [4.69, 9.17) is 0 Å². The van der Waals surface area contributed by atoms with Crippen molar-refractivity contribution >= 4 is 11.7 Å². The minimum atomic E-state index is -0.663. The van der Waals surface area contributed by atoms with Crippen LogP contribution in [-0.2, 0) is 6.54 Å². The molecule has 98 valence electrons. The Morgan fingerprint density at radius 1 is 1.26 bits per heavy atom. The van der Waals surface area contributed by atoms with E-state index >= 15 is 0 Å². The van der Waals surface area contributed by atoms with Gasteiger partial charge in [-0.3, -0.25) is 9.78 Å². The third kappa shape index (κ3) is 3.04. The highest BCUT2D eigenvalue weighted by atomic mass is 19.1. The van der Waals surface area contributed by atoms with E-state index < -0.39 is 11.7 Å². The van der Waals surface area contributed by atoms with E-state index in [1.54, 1.807) is 25.4 Å². The van der Waals surface area contributed by atoms with Gasteiger partial charge < -0.3 is 10.6 Å². The first-order valence-corrected chi connectivity index (χ1v) is 5.72. The molecule has 0 spiro atoms. The van der Waals surface area contributed by atoms with Gasteiger partial charge in [0, 0.05) is 19.4 Å². The van der Waals surface area contributed by atoms with Crippen molar-refractivity contribution in [2.75, 3.05) is 12.4 Å². The quantitative estimate of drug-likeness (QED) is 0.876. The van der Waals surface area contributed by atoms with Gasteiger partial charge in [0.1, 0.15) is 0 Å². The number of nitrogens with one attached hydrogen (secondary N) is 2. The zero-order valence-corrected chi connectivity index (χ0v) is 10.4. The zero-order chi connectivity index (χ0) is 13.7. The smallest absolute Gasteiger partial charge is 0.254 e. The van der Waals surface area contributed by atoms with Crippen LogP contribution in [0.4, 0.5) is 10.2 Å². The van der Waals surface area contributed by atoms with Crippen molar-refractivity contribution in [3.8, 4) is 0 Å². The Hall–Kier alpha value is -2.50. The summed E-state index contributed by atoms with van der Waals surface area (Å²) >= 11 is 0. The van der Waals surface area contributed by atoms with Gasteiger partial charge in [-0.25, -0.2) is 9.37 Å². The Morgan fingerprint density at radius 2 is 2.11 bits per heavy atom. The van der Waals surface area contributed by atoms with E-state index in [9.17, 15) is 9.18 Å². The molecular weight excluding hydrogens is 247 g/mol. The Morgan fingerprint density at radius 3 is 2.79 bits per heavy atom. The molecule has 0 unspecified atom stereocenters. The molecule has 2 aromatic heterocycles. The lowest BCUT2D eigenvalue weighted by molar-refractivity contribution is 0.0946. The molecule has 0 atom stereocenters. The van der Waals surface area contributed by atoms with E-state index in [2.05, 4.69) is 20.6 Å². The summed E-state index contributed by atoms with van der Waals surface area (Å²) in [4.78, 5) is 19.7. The molecule has 0 saturated heterocycles. The standard InChI is InChI=1S/C13H13FN4O/c1-15-12-11(14)10(5-7-17-12)13(19)18-8-9-4-2-3-6-16-9/h2-7H,8H2,1H3,(H,15,17)(H,18,19). The van der Waals surface area contributed by atoms with Crippen LogP contribution in [0.5, 0.6) is 0 Å². The predicted molar refractivity (Wildman–Crippen MR) is 69.1 cm³/mol. The van der Waals surface area contributed by atoms with Crippen molar-refractivity contribution in [1.29, 1.82) is 0 Å². The third-order valence-corrected chi connectivity index (χ3v) is 2.53. The summed E-state index contributed by atoms with van der Waals surface area (Å²) in [5, 5.41) is 5.20. The van der Waals surface area contributed by atoms with E-state index in [0.29, 0.717) is 5.69 Å². The van der Waals surface area contributed by atoms with Crippen LogP contribution in [0.25, 0.3) is 0 Å². The van der Waals surface area contributed by atoms with Gasteiger partial charge in [-0.2, -0.15) is 0 Å². The number of amides is 1. The SMILES string of the molecule is CNc1nccc(C(=O)NCc2ccccn2)c1F. The highest BCUT2D eigenvalue weighted by Gasteiger charge is 2.15. The molecule has 6 heteroatoms. The molecule has 0 bridgehead atoms. The molecule has 2 N–H and O–H groups in total.